The molecule has 0 aliphatic carbocycles. The molecule has 0 amide bonds. The largest absolute Gasteiger partial charge is 0.0654 e. The third-order valence-electron chi connectivity index (χ3n) is 6.35. The van der Waals surface area contributed by atoms with Crippen LogP contribution in [0.1, 0.15) is 168 Å². The van der Waals surface area contributed by atoms with Crippen molar-refractivity contribution in [3.8, 4) is 0 Å². The highest BCUT2D eigenvalue weighted by molar-refractivity contribution is 4.56. The maximum Gasteiger partial charge on any atom is -0.0443 e. The van der Waals surface area contributed by atoms with Crippen LogP contribution in [-0.4, -0.2) is 0 Å². The van der Waals surface area contributed by atoms with E-state index in [4.69, 9.17) is 0 Å². The van der Waals surface area contributed by atoms with Crippen molar-refractivity contribution in [3.05, 3.63) is 0 Å². The van der Waals surface area contributed by atoms with E-state index in [1.54, 1.807) is 0 Å². The summed E-state index contributed by atoms with van der Waals surface area (Å²) in [6.07, 6.45) is 33.8. The van der Waals surface area contributed by atoms with E-state index in [1.807, 2.05) is 0 Å². The topological polar surface area (TPSA) is 0 Å². The van der Waals surface area contributed by atoms with Crippen molar-refractivity contribution in [1.29, 1.82) is 0 Å². The molecule has 0 aliphatic rings. The molecule has 0 spiro atoms. The summed E-state index contributed by atoms with van der Waals surface area (Å²) in [5, 5.41) is 0. The first kappa shape index (κ1) is 27.0. The quantitative estimate of drug-likeness (QED) is 0.155. The van der Waals surface area contributed by atoms with Crippen molar-refractivity contribution >= 4 is 0 Å². The molecule has 0 bridgehead atoms. The Labute approximate surface area is 174 Å². The van der Waals surface area contributed by atoms with E-state index in [0.717, 1.165) is 5.92 Å². The molecule has 27 heavy (non-hydrogen) atoms. The molecule has 0 aromatic heterocycles. The van der Waals surface area contributed by atoms with Crippen LogP contribution >= 0.6 is 0 Å². The number of unbranched alkanes of at least 4 members (excludes halogenated alkanes) is 19. The summed E-state index contributed by atoms with van der Waals surface area (Å²) < 4.78 is 0. The molecule has 0 aromatic rings. The first-order chi connectivity index (χ1) is 13.3. The standard InChI is InChI=1S/C27H56/c1-4-6-8-10-12-14-15-16-17-18-20-22-24-26-27(3)25-23-21-19-13-11-9-7-5-2/h27H,4-26H2,1-3H3. The zero-order valence-corrected chi connectivity index (χ0v) is 19.8. The predicted octanol–water partition coefficient (Wildman–Crippen LogP) is 10.6. The summed E-state index contributed by atoms with van der Waals surface area (Å²) in [6.45, 7) is 7.10. The van der Waals surface area contributed by atoms with E-state index in [0.29, 0.717) is 0 Å². The minimum Gasteiger partial charge on any atom is -0.0654 e. The molecule has 0 aliphatic heterocycles. The molecule has 0 aromatic carbocycles. The van der Waals surface area contributed by atoms with Crippen molar-refractivity contribution in [1.82, 2.24) is 0 Å². The summed E-state index contributed by atoms with van der Waals surface area (Å²) in [4.78, 5) is 0. The monoisotopic (exact) mass is 380 g/mol. The van der Waals surface area contributed by atoms with Gasteiger partial charge in [0.1, 0.15) is 0 Å². The van der Waals surface area contributed by atoms with Gasteiger partial charge in [-0.25, -0.2) is 0 Å². The van der Waals surface area contributed by atoms with Gasteiger partial charge in [-0.3, -0.25) is 0 Å². The third-order valence-corrected chi connectivity index (χ3v) is 6.35. The summed E-state index contributed by atoms with van der Waals surface area (Å²) in [5.74, 6) is 0.970. The van der Waals surface area contributed by atoms with Gasteiger partial charge in [0, 0.05) is 0 Å². The fourth-order valence-corrected chi connectivity index (χ4v) is 4.28. The Morgan fingerprint density at radius 3 is 0.815 bits per heavy atom. The van der Waals surface area contributed by atoms with E-state index in [1.165, 1.54) is 148 Å². The summed E-state index contributed by atoms with van der Waals surface area (Å²) in [5.41, 5.74) is 0. The van der Waals surface area contributed by atoms with Gasteiger partial charge in [-0.15, -0.1) is 0 Å². The van der Waals surface area contributed by atoms with Gasteiger partial charge in [0.15, 0.2) is 0 Å². The second-order valence-electron chi connectivity index (χ2n) is 9.40. The number of rotatable bonds is 23. The normalized spacial score (nSPS) is 12.6. The highest BCUT2D eigenvalue weighted by atomic mass is 14.1. The molecule has 0 nitrogen and oxygen atoms in total. The van der Waals surface area contributed by atoms with Crippen LogP contribution in [0.15, 0.2) is 0 Å². The molecule has 164 valence electrons. The Bertz CT molecular complexity index is 244. The first-order valence-electron chi connectivity index (χ1n) is 13.3. The molecule has 1 atom stereocenters. The van der Waals surface area contributed by atoms with Crippen LogP contribution in [0.2, 0.25) is 0 Å². The second kappa shape index (κ2) is 24.0. The van der Waals surface area contributed by atoms with Gasteiger partial charge < -0.3 is 0 Å². The van der Waals surface area contributed by atoms with E-state index >= 15 is 0 Å². The molecule has 1 unspecified atom stereocenters. The molecule has 0 heterocycles. The predicted molar refractivity (Wildman–Crippen MR) is 127 cm³/mol. The Balaban J connectivity index is 3.11. The zero-order valence-electron chi connectivity index (χ0n) is 19.8. The molecular weight excluding hydrogens is 324 g/mol. The average molecular weight is 381 g/mol. The van der Waals surface area contributed by atoms with Crippen molar-refractivity contribution < 1.29 is 0 Å². The highest BCUT2D eigenvalue weighted by Crippen LogP contribution is 2.19. The zero-order chi connectivity index (χ0) is 19.8. The van der Waals surface area contributed by atoms with Gasteiger partial charge in [0.2, 0.25) is 0 Å². The van der Waals surface area contributed by atoms with Crippen LogP contribution in [0.4, 0.5) is 0 Å². The lowest BCUT2D eigenvalue weighted by atomic mass is 9.95. The van der Waals surface area contributed by atoms with Crippen LogP contribution in [0.5, 0.6) is 0 Å². The van der Waals surface area contributed by atoms with Crippen LogP contribution < -0.4 is 0 Å². The maximum atomic E-state index is 2.49. The minimum atomic E-state index is 0.970. The van der Waals surface area contributed by atoms with Gasteiger partial charge >= 0.3 is 0 Å². The molecule has 0 fully saturated rings. The van der Waals surface area contributed by atoms with Gasteiger partial charge in [-0.05, 0) is 5.92 Å². The summed E-state index contributed by atoms with van der Waals surface area (Å²) in [7, 11) is 0. The van der Waals surface area contributed by atoms with E-state index in [9.17, 15) is 0 Å². The van der Waals surface area contributed by atoms with Crippen molar-refractivity contribution in [2.75, 3.05) is 0 Å². The molecule has 0 saturated heterocycles. The Kier molecular flexibility index (Phi) is 24.0. The van der Waals surface area contributed by atoms with Gasteiger partial charge in [0.25, 0.3) is 0 Å². The summed E-state index contributed by atoms with van der Waals surface area (Å²) >= 11 is 0. The SMILES string of the molecule is CCCCCCCCCCCCCCCC(C)CCCCCCCCCC. The van der Waals surface area contributed by atoms with E-state index in [-0.39, 0.29) is 0 Å². The smallest absolute Gasteiger partial charge is 0.0443 e. The lowest BCUT2D eigenvalue weighted by molar-refractivity contribution is 0.430. The van der Waals surface area contributed by atoms with Crippen LogP contribution in [0.3, 0.4) is 0 Å². The first-order valence-corrected chi connectivity index (χ1v) is 13.3. The number of hydrogen-bond donors (Lipinski definition) is 0. The summed E-state index contributed by atoms with van der Waals surface area (Å²) in [6, 6.07) is 0. The van der Waals surface area contributed by atoms with E-state index < -0.39 is 0 Å². The second-order valence-corrected chi connectivity index (χ2v) is 9.40. The average Bonchev–Trinajstić information content (AvgIpc) is 2.67. The molecule has 0 heteroatoms. The van der Waals surface area contributed by atoms with Crippen molar-refractivity contribution in [2.24, 2.45) is 5.92 Å². The molecule has 0 radical (unpaired) electrons. The fourth-order valence-electron chi connectivity index (χ4n) is 4.28. The molecule has 0 rings (SSSR count). The van der Waals surface area contributed by atoms with Gasteiger partial charge in [-0.2, -0.15) is 0 Å². The van der Waals surface area contributed by atoms with E-state index in [2.05, 4.69) is 20.8 Å². The van der Waals surface area contributed by atoms with Crippen LogP contribution in [-0.2, 0) is 0 Å². The Morgan fingerprint density at radius 2 is 0.556 bits per heavy atom. The lowest BCUT2D eigenvalue weighted by Crippen LogP contribution is -1.95. The Morgan fingerprint density at radius 1 is 0.333 bits per heavy atom. The van der Waals surface area contributed by atoms with Gasteiger partial charge in [0.05, 0.1) is 0 Å². The maximum absolute atomic E-state index is 2.49. The van der Waals surface area contributed by atoms with Crippen LogP contribution in [0, 0.1) is 5.92 Å². The van der Waals surface area contributed by atoms with Crippen molar-refractivity contribution in [2.45, 2.75) is 168 Å². The molecular formula is C27H56. The van der Waals surface area contributed by atoms with Crippen molar-refractivity contribution in [3.63, 3.8) is 0 Å². The van der Waals surface area contributed by atoms with Gasteiger partial charge in [-0.1, -0.05) is 168 Å². The van der Waals surface area contributed by atoms with Crippen LogP contribution in [0.25, 0.3) is 0 Å². The fraction of sp³-hybridized carbons (Fsp3) is 1.00. The Hall–Kier alpha value is 0. The minimum absolute atomic E-state index is 0.970. The highest BCUT2D eigenvalue weighted by Gasteiger charge is 2.02. The molecule has 0 N–H and O–H groups in total. The molecule has 0 saturated carbocycles. The third kappa shape index (κ3) is 24.0. The number of hydrogen-bond acceptors (Lipinski definition) is 0. The lowest BCUT2D eigenvalue weighted by Gasteiger charge is -2.11.